The van der Waals surface area contributed by atoms with Crippen molar-refractivity contribution in [2.45, 2.75) is 5.41 Å². The third-order valence-corrected chi connectivity index (χ3v) is 5.40. The zero-order valence-corrected chi connectivity index (χ0v) is 14.4. The first-order valence-electron chi connectivity index (χ1n) is 8.08. The van der Waals surface area contributed by atoms with Gasteiger partial charge in [0, 0.05) is 27.4 Å². The van der Waals surface area contributed by atoms with Crippen LogP contribution in [-0.2, 0) is 14.9 Å². The fourth-order valence-corrected chi connectivity index (χ4v) is 4.28. The van der Waals surface area contributed by atoms with Gasteiger partial charge in [0.05, 0.1) is 0 Å². The third-order valence-electron chi connectivity index (χ3n) is 5.17. The molecular formula is C20H10ClN3O3. The van der Waals surface area contributed by atoms with Crippen molar-refractivity contribution in [3.63, 3.8) is 0 Å². The molecule has 5 rings (SSSR count). The number of benzene rings is 2. The van der Waals surface area contributed by atoms with E-state index >= 15 is 0 Å². The molecule has 0 saturated carbocycles. The van der Waals surface area contributed by atoms with E-state index in [1.807, 2.05) is 6.07 Å². The number of fused-ring (bicyclic) bond motifs is 5. The molecular weight excluding hydrogens is 366 g/mol. The Morgan fingerprint density at radius 2 is 1.89 bits per heavy atom. The largest absolute Gasteiger partial charge is 0.436 e. The van der Waals surface area contributed by atoms with Crippen molar-refractivity contribution in [3.8, 4) is 6.07 Å². The predicted octanol–water partition coefficient (Wildman–Crippen LogP) is 2.86. The summed E-state index contributed by atoms with van der Waals surface area (Å²) in [6, 6.07) is 13.8. The van der Waals surface area contributed by atoms with E-state index < -0.39 is 11.3 Å². The van der Waals surface area contributed by atoms with E-state index in [-0.39, 0.29) is 23.0 Å². The Hall–Kier alpha value is -3.56. The summed E-state index contributed by atoms with van der Waals surface area (Å²) < 4.78 is 5.54. The topological polar surface area (TPSA) is 105 Å². The number of Topliss-reactive ketones (excluding diaryl/α,β-unsaturated/α-hetero) is 1. The van der Waals surface area contributed by atoms with Crippen molar-refractivity contribution in [1.29, 1.82) is 5.26 Å². The van der Waals surface area contributed by atoms with Crippen LogP contribution in [0.15, 0.2) is 59.7 Å². The van der Waals surface area contributed by atoms with Gasteiger partial charge in [0.15, 0.2) is 5.76 Å². The molecule has 3 N–H and O–H groups in total. The molecule has 1 atom stereocenters. The van der Waals surface area contributed by atoms with E-state index in [0.717, 1.165) is 0 Å². The maximum Gasteiger partial charge on any atom is 0.245 e. The van der Waals surface area contributed by atoms with E-state index in [4.69, 9.17) is 22.1 Å². The number of nitrogens with two attached hydrogens (primary N) is 1. The Balaban J connectivity index is 1.96. The molecule has 1 unspecified atom stereocenters. The van der Waals surface area contributed by atoms with Crippen molar-refractivity contribution < 1.29 is 14.3 Å². The standard InChI is InChI=1S/C20H10ClN3O3/c21-9-5-6-14-12(7-9)20(19(26)24-14)13(8-22)18(23)27-17-15(20)10-3-1-2-4-11(10)16(17)25/h1-7H,23H2,(H,24,26). The lowest BCUT2D eigenvalue weighted by atomic mass is 9.67. The van der Waals surface area contributed by atoms with E-state index in [1.165, 1.54) is 0 Å². The number of ketones is 1. The molecule has 0 bridgehead atoms. The number of hydrogen-bond donors (Lipinski definition) is 2. The number of rotatable bonds is 0. The number of halogens is 1. The maximum absolute atomic E-state index is 13.3. The molecule has 0 saturated heterocycles. The third kappa shape index (κ3) is 1.69. The highest BCUT2D eigenvalue weighted by Crippen LogP contribution is 2.58. The van der Waals surface area contributed by atoms with E-state index in [9.17, 15) is 14.9 Å². The maximum atomic E-state index is 13.3. The van der Waals surface area contributed by atoms with Crippen LogP contribution in [0.2, 0.25) is 5.02 Å². The van der Waals surface area contributed by atoms with E-state index in [2.05, 4.69) is 5.32 Å². The second-order valence-electron chi connectivity index (χ2n) is 6.43. The summed E-state index contributed by atoms with van der Waals surface area (Å²) in [7, 11) is 0. The lowest BCUT2D eigenvalue weighted by Gasteiger charge is -2.33. The normalized spacial score (nSPS) is 22.2. The van der Waals surface area contributed by atoms with Crippen LogP contribution in [0.5, 0.6) is 0 Å². The van der Waals surface area contributed by atoms with Gasteiger partial charge in [-0.2, -0.15) is 5.26 Å². The Morgan fingerprint density at radius 1 is 1.15 bits per heavy atom. The van der Waals surface area contributed by atoms with Gasteiger partial charge in [-0.1, -0.05) is 35.9 Å². The molecule has 0 aromatic heterocycles. The number of anilines is 1. The summed E-state index contributed by atoms with van der Waals surface area (Å²) in [5.41, 5.74) is 6.59. The molecule has 0 fully saturated rings. The molecule has 2 aromatic rings. The first kappa shape index (κ1) is 15.7. The zero-order chi connectivity index (χ0) is 18.9. The molecule has 1 spiro atoms. The molecule has 1 amide bonds. The van der Waals surface area contributed by atoms with Crippen molar-refractivity contribution in [3.05, 3.63) is 81.4 Å². The minimum Gasteiger partial charge on any atom is -0.436 e. The van der Waals surface area contributed by atoms with Crippen LogP contribution in [0.3, 0.4) is 0 Å². The summed E-state index contributed by atoms with van der Waals surface area (Å²) in [5, 5.41) is 13.0. The Labute approximate surface area is 158 Å². The van der Waals surface area contributed by atoms with Gasteiger partial charge in [-0.05, 0) is 23.8 Å². The number of carbonyl (C=O) groups is 2. The minimum absolute atomic E-state index is 0.0318. The SMILES string of the molecule is N#CC1=C(N)OC2=C(c3ccccc3C2=O)C12C(=O)Nc1ccc(Cl)cc12. The highest BCUT2D eigenvalue weighted by molar-refractivity contribution is 6.32. The van der Waals surface area contributed by atoms with Gasteiger partial charge in [0.1, 0.15) is 17.1 Å². The van der Waals surface area contributed by atoms with Crippen molar-refractivity contribution in [1.82, 2.24) is 0 Å². The Bertz CT molecular complexity index is 1210. The Morgan fingerprint density at radius 3 is 2.63 bits per heavy atom. The molecule has 2 heterocycles. The van der Waals surface area contributed by atoms with E-state index in [1.54, 1.807) is 42.5 Å². The molecule has 7 heteroatoms. The van der Waals surface area contributed by atoms with Crippen LogP contribution < -0.4 is 11.1 Å². The molecule has 2 aliphatic heterocycles. The molecule has 1 aliphatic carbocycles. The number of amides is 1. The van der Waals surface area contributed by atoms with Crippen LogP contribution in [0.25, 0.3) is 5.57 Å². The summed E-state index contributed by atoms with van der Waals surface area (Å²) in [5.74, 6) is -1.14. The smallest absolute Gasteiger partial charge is 0.245 e. The number of nitriles is 1. The molecule has 2 aromatic carbocycles. The van der Waals surface area contributed by atoms with Crippen LogP contribution in [0, 0.1) is 11.3 Å². The van der Waals surface area contributed by atoms with Gasteiger partial charge >= 0.3 is 0 Å². The fourth-order valence-electron chi connectivity index (χ4n) is 4.11. The van der Waals surface area contributed by atoms with Crippen molar-refractivity contribution in [2.24, 2.45) is 5.73 Å². The van der Waals surface area contributed by atoms with Gasteiger partial charge in [0.25, 0.3) is 0 Å². The molecule has 3 aliphatic rings. The summed E-state index contributed by atoms with van der Waals surface area (Å²) in [6.45, 7) is 0. The summed E-state index contributed by atoms with van der Waals surface area (Å²) >= 11 is 6.19. The highest BCUT2D eigenvalue weighted by Gasteiger charge is 2.60. The van der Waals surface area contributed by atoms with Gasteiger partial charge in [-0.3, -0.25) is 9.59 Å². The van der Waals surface area contributed by atoms with E-state index in [0.29, 0.717) is 33.0 Å². The highest BCUT2D eigenvalue weighted by atomic mass is 35.5. The molecule has 130 valence electrons. The number of hydrogen-bond acceptors (Lipinski definition) is 5. The fraction of sp³-hybridized carbons (Fsp3) is 0.0500. The number of nitrogens with zero attached hydrogens (tertiary/aromatic N) is 1. The summed E-state index contributed by atoms with van der Waals surface area (Å²) in [6.07, 6.45) is 0. The van der Waals surface area contributed by atoms with Crippen LogP contribution in [0.4, 0.5) is 5.69 Å². The number of carbonyl (C=O) groups excluding carboxylic acids is 2. The van der Waals surface area contributed by atoms with Crippen LogP contribution >= 0.6 is 11.6 Å². The molecule has 0 radical (unpaired) electrons. The lowest BCUT2D eigenvalue weighted by molar-refractivity contribution is -0.118. The van der Waals surface area contributed by atoms with Crippen LogP contribution in [-0.4, -0.2) is 11.7 Å². The van der Waals surface area contributed by atoms with Gasteiger partial charge < -0.3 is 15.8 Å². The first-order chi connectivity index (χ1) is 13.0. The number of ether oxygens (including phenoxy) is 1. The average Bonchev–Trinajstić information content (AvgIpc) is 3.09. The summed E-state index contributed by atoms with van der Waals surface area (Å²) in [4.78, 5) is 26.2. The van der Waals surface area contributed by atoms with Crippen LogP contribution in [0.1, 0.15) is 21.5 Å². The first-order valence-corrected chi connectivity index (χ1v) is 8.46. The second-order valence-corrected chi connectivity index (χ2v) is 6.86. The molecule has 27 heavy (non-hydrogen) atoms. The predicted molar refractivity (Wildman–Crippen MR) is 97.4 cm³/mol. The van der Waals surface area contributed by atoms with Crippen molar-refractivity contribution in [2.75, 3.05) is 5.32 Å². The van der Waals surface area contributed by atoms with Gasteiger partial charge in [0.2, 0.25) is 17.6 Å². The number of allylic oxidation sites excluding steroid dienone is 1. The second kappa shape index (κ2) is 5.00. The van der Waals surface area contributed by atoms with Crippen molar-refractivity contribution >= 4 is 34.6 Å². The quantitative estimate of drug-likeness (QED) is 0.736. The number of nitrogens with one attached hydrogen (secondary N) is 1. The zero-order valence-electron chi connectivity index (χ0n) is 13.7. The Kier molecular flexibility index (Phi) is 2.90. The minimum atomic E-state index is -1.59. The monoisotopic (exact) mass is 375 g/mol. The van der Waals surface area contributed by atoms with Gasteiger partial charge in [-0.25, -0.2) is 0 Å². The molecule has 6 nitrogen and oxygen atoms in total. The average molecular weight is 376 g/mol. The lowest BCUT2D eigenvalue weighted by Crippen LogP contribution is -2.42. The van der Waals surface area contributed by atoms with Gasteiger partial charge in [-0.15, -0.1) is 0 Å².